The highest BCUT2D eigenvalue weighted by molar-refractivity contribution is 5.69. The molecule has 1 heterocycles. The first-order valence-corrected chi connectivity index (χ1v) is 5.36. The van der Waals surface area contributed by atoms with Crippen molar-refractivity contribution >= 4 is 6.09 Å². The van der Waals surface area contributed by atoms with Gasteiger partial charge in [0.2, 0.25) is 0 Å². The molecule has 0 bridgehead atoms. The van der Waals surface area contributed by atoms with Gasteiger partial charge in [-0.05, 0) is 20.8 Å². The molecule has 0 radical (unpaired) electrons. The van der Waals surface area contributed by atoms with E-state index >= 15 is 0 Å². The lowest BCUT2D eigenvalue weighted by Gasteiger charge is -2.26. The van der Waals surface area contributed by atoms with Gasteiger partial charge in [-0.2, -0.15) is 0 Å². The summed E-state index contributed by atoms with van der Waals surface area (Å²) in [6, 6.07) is -0.222. The molecule has 1 rings (SSSR count). The van der Waals surface area contributed by atoms with Crippen molar-refractivity contribution in [3.8, 4) is 12.3 Å². The number of hydrogen-bond acceptors (Lipinski definition) is 3. The minimum Gasteiger partial charge on any atom is -0.444 e. The van der Waals surface area contributed by atoms with Gasteiger partial charge >= 0.3 is 6.09 Å². The average Bonchev–Trinajstić information content (AvgIpc) is 2.58. The third-order valence-corrected chi connectivity index (χ3v) is 2.42. The van der Waals surface area contributed by atoms with Crippen molar-refractivity contribution in [2.75, 3.05) is 13.7 Å². The van der Waals surface area contributed by atoms with Crippen molar-refractivity contribution in [3.05, 3.63) is 0 Å². The number of ether oxygens (including phenoxy) is 2. The Morgan fingerprint density at radius 1 is 1.50 bits per heavy atom. The predicted octanol–water partition coefficient (Wildman–Crippen LogP) is 1.64. The number of terminal acetylenes is 1. The lowest BCUT2D eigenvalue weighted by atomic mass is 10.2. The first-order chi connectivity index (χ1) is 7.37. The van der Waals surface area contributed by atoms with Gasteiger partial charge in [0.25, 0.3) is 0 Å². The molecule has 1 amide bonds. The van der Waals surface area contributed by atoms with Crippen molar-refractivity contribution in [3.63, 3.8) is 0 Å². The number of rotatable bonds is 1. The van der Waals surface area contributed by atoms with Crippen LogP contribution in [0.25, 0.3) is 0 Å². The molecular weight excluding hydrogens is 206 g/mol. The van der Waals surface area contributed by atoms with E-state index in [0.29, 0.717) is 13.0 Å². The molecule has 0 spiro atoms. The Labute approximate surface area is 96.9 Å². The molecular formula is C12H19NO3. The van der Waals surface area contributed by atoms with Gasteiger partial charge in [-0.3, -0.25) is 4.90 Å². The molecule has 4 nitrogen and oxygen atoms in total. The summed E-state index contributed by atoms with van der Waals surface area (Å²) in [5, 5.41) is 0. The fourth-order valence-electron chi connectivity index (χ4n) is 1.65. The predicted molar refractivity (Wildman–Crippen MR) is 61.0 cm³/mol. The Morgan fingerprint density at radius 2 is 2.12 bits per heavy atom. The summed E-state index contributed by atoms with van der Waals surface area (Å²) in [5.74, 6) is 2.59. The van der Waals surface area contributed by atoms with Crippen molar-refractivity contribution < 1.29 is 14.3 Å². The minimum absolute atomic E-state index is 0.00793. The smallest absolute Gasteiger partial charge is 0.411 e. The van der Waals surface area contributed by atoms with Crippen LogP contribution in [0.3, 0.4) is 0 Å². The molecule has 1 fully saturated rings. The number of methoxy groups -OCH3 is 1. The summed E-state index contributed by atoms with van der Waals surface area (Å²) in [7, 11) is 1.62. The molecule has 90 valence electrons. The summed E-state index contributed by atoms with van der Waals surface area (Å²) < 4.78 is 10.5. The zero-order chi connectivity index (χ0) is 12.3. The molecule has 0 unspecified atom stereocenters. The highest BCUT2D eigenvalue weighted by atomic mass is 16.6. The molecule has 16 heavy (non-hydrogen) atoms. The average molecular weight is 225 g/mol. The lowest BCUT2D eigenvalue weighted by Crippen LogP contribution is -2.39. The minimum atomic E-state index is -0.499. The van der Waals surface area contributed by atoms with Crippen molar-refractivity contribution in [2.24, 2.45) is 0 Å². The second-order valence-electron chi connectivity index (χ2n) is 4.91. The van der Waals surface area contributed by atoms with Crippen LogP contribution in [0.4, 0.5) is 4.79 Å². The van der Waals surface area contributed by atoms with Crippen LogP contribution in [-0.4, -0.2) is 42.4 Å². The van der Waals surface area contributed by atoms with Crippen LogP contribution in [0.5, 0.6) is 0 Å². The van der Waals surface area contributed by atoms with Crippen LogP contribution in [0.15, 0.2) is 0 Å². The standard InChI is InChI=1S/C12H19NO3/c1-6-9-7-10(15-5)8-13(9)11(14)16-12(2,3)4/h1,9-10H,7-8H2,2-5H3/t9-,10+/m1/s1. The molecule has 0 aromatic carbocycles. The van der Waals surface area contributed by atoms with E-state index in [2.05, 4.69) is 5.92 Å². The van der Waals surface area contributed by atoms with E-state index in [1.54, 1.807) is 12.0 Å². The highest BCUT2D eigenvalue weighted by Crippen LogP contribution is 2.22. The number of carbonyl (C=O) groups excluding carboxylic acids is 1. The van der Waals surface area contributed by atoms with Crippen LogP contribution in [0.1, 0.15) is 27.2 Å². The monoisotopic (exact) mass is 225 g/mol. The number of hydrogen-bond donors (Lipinski definition) is 0. The van der Waals surface area contributed by atoms with Crippen molar-refractivity contribution in [1.29, 1.82) is 0 Å². The molecule has 2 atom stereocenters. The van der Waals surface area contributed by atoms with Crippen LogP contribution >= 0.6 is 0 Å². The first kappa shape index (κ1) is 12.9. The molecule has 0 aliphatic carbocycles. The molecule has 1 aliphatic rings. The Bertz CT molecular complexity index is 300. The van der Waals surface area contributed by atoms with E-state index in [1.807, 2.05) is 20.8 Å². The van der Waals surface area contributed by atoms with E-state index in [-0.39, 0.29) is 18.2 Å². The maximum absolute atomic E-state index is 11.8. The molecule has 1 aliphatic heterocycles. The fraction of sp³-hybridized carbons (Fsp3) is 0.750. The van der Waals surface area contributed by atoms with Gasteiger partial charge in [-0.15, -0.1) is 6.42 Å². The Hall–Kier alpha value is -1.21. The summed E-state index contributed by atoms with van der Waals surface area (Å²) >= 11 is 0. The van der Waals surface area contributed by atoms with E-state index in [1.165, 1.54) is 0 Å². The highest BCUT2D eigenvalue weighted by Gasteiger charge is 2.36. The maximum atomic E-state index is 11.8. The zero-order valence-corrected chi connectivity index (χ0v) is 10.3. The van der Waals surface area contributed by atoms with Gasteiger partial charge in [0, 0.05) is 13.5 Å². The van der Waals surface area contributed by atoms with Crippen LogP contribution in [-0.2, 0) is 9.47 Å². The third-order valence-electron chi connectivity index (χ3n) is 2.42. The maximum Gasteiger partial charge on any atom is 0.411 e. The molecule has 0 N–H and O–H groups in total. The second kappa shape index (κ2) is 4.75. The Balaban J connectivity index is 2.65. The van der Waals surface area contributed by atoms with Crippen molar-refractivity contribution in [2.45, 2.75) is 44.9 Å². The number of nitrogens with zero attached hydrogens (tertiary/aromatic N) is 1. The van der Waals surface area contributed by atoms with Gasteiger partial charge in [0.05, 0.1) is 18.7 Å². The quantitative estimate of drug-likeness (QED) is 0.637. The summed E-state index contributed by atoms with van der Waals surface area (Å²) in [6.07, 6.45) is 5.70. The zero-order valence-electron chi connectivity index (χ0n) is 10.3. The first-order valence-electron chi connectivity index (χ1n) is 5.36. The SMILES string of the molecule is C#C[C@@H]1C[C@H](OC)CN1C(=O)OC(C)(C)C. The van der Waals surface area contributed by atoms with Crippen molar-refractivity contribution in [1.82, 2.24) is 4.90 Å². The molecule has 1 saturated heterocycles. The normalized spacial score (nSPS) is 25.3. The summed E-state index contributed by atoms with van der Waals surface area (Å²) in [4.78, 5) is 13.4. The number of likely N-dealkylation sites (tertiary alicyclic amines) is 1. The van der Waals surface area contributed by atoms with E-state index in [4.69, 9.17) is 15.9 Å². The van der Waals surface area contributed by atoms with E-state index in [9.17, 15) is 4.79 Å². The second-order valence-corrected chi connectivity index (χ2v) is 4.91. The summed E-state index contributed by atoms with van der Waals surface area (Å²) in [6.45, 7) is 6.00. The van der Waals surface area contributed by atoms with E-state index < -0.39 is 5.60 Å². The van der Waals surface area contributed by atoms with Gasteiger partial charge in [0.15, 0.2) is 0 Å². The van der Waals surface area contributed by atoms with Gasteiger partial charge in [0.1, 0.15) is 5.60 Å². The largest absolute Gasteiger partial charge is 0.444 e. The van der Waals surface area contributed by atoms with E-state index in [0.717, 1.165) is 0 Å². The number of carbonyl (C=O) groups is 1. The summed E-state index contributed by atoms with van der Waals surface area (Å²) in [5.41, 5.74) is -0.499. The lowest BCUT2D eigenvalue weighted by molar-refractivity contribution is 0.0225. The molecule has 0 saturated carbocycles. The number of amides is 1. The molecule has 0 aromatic rings. The molecule has 4 heteroatoms. The third kappa shape index (κ3) is 3.14. The Morgan fingerprint density at radius 3 is 2.56 bits per heavy atom. The van der Waals surface area contributed by atoms with Gasteiger partial charge < -0.3 is 9.47 Å². The Kier molecular flexibility index (Phi) is 3.82. The van der Waals surface area contributed by atoms with Crippen LogP contribution in [0, 0.1) is 12.3 Å². The topological polar surface area (TPSA) is 38.8 Å². The van der Waals surface area contributed by atoms with Gasteiger partial charge in [-0.1, -0.05) is 5.92 Å². The molecule has 0 aromatic heterocycles. The van der Waals surface area contributed by atoms with Gasteiger partial charge in [-0.25, -0.2) is 4.79 Å². The van der Waals surface area contributed by atoms with Crippen LogP contribution < -0.4 is 0 Å². The van der Waals surface area contributed by atoms with Crippen LogP contribution in [0.2, 0.25) is 0 Å². The fourth-order valence-corrected chi connectivity index (χ4v) is 1.65.